The average Bonchev–Trinajstić information content (AvgIpc) is 2.73. The first kappa shape index (κ1) is 8.82. The molecule has 2 heterocycles. The molecule has 80 valence electrons. The highest BCUT2D eigenvalue weighted by Crippen LogP contribution is 2.34. The molecule has 0 unspecified atom stereocenters. The van der Waals surface area contributed by atoms with Gasteiger partial charge in [-0.2, -0.15) is 0 Å². The summed E-state index contributed by atoms with van der Waals surface area (Å²) in [5, 5.41) is 0. The highest BCUT2D eigenvalue weighted by molar-refractivity contribution is 6.22. The standard InChI is InChI=1S/C14H9N3/c1-2-4-12-9(3-1)5-10-6-11-7-15-8-16-14(11)17-13(10)12/h1-5,7-8H,6H2. The number of hydrogen-bond acceptors (Lipinski definition) is 3. The van der Waals surface area contributed by atoms with Gasteiger partial charge >= 0.3 is 0 Å². The lowest BCUT2D eigenvalue weighted by molar-refractivity contribution is 1.05. The van der Waals surface area contributed by atoms with Crippen LogP contribution in [0.4, 0.5) is 5.82 Å². The van der Waals surface area contributed by atoms with E-state index in [1.54, 1.807) is 6.33 Å². The minimum absolute atomic E-state index is 0.809. The molecule has 0 bridgehead atoms. The summed E-state index contributed by atoms with van der Waals surface area (Å²) < 4.78 is 0. The Hall–Kier alpha value is -2.29. The number of nitrogens with zero attached hydrogens (tertiary/aromatic N) is 3. The van der Waals surface area contributed by atoms with Crippen LogP contribution in [0.3, 0.4) is 0 Å². The fraction of sp³-hybridized carbons (Fsp3) is 0.0714. The van der Waals surface area contributed by atoms with E-state index in [2.05, 4.69) is 39.2 Å². The summed E-state index contributed by atoms with van der Waals surface area (Å²) >= 11 is 0. The van der Waals surface area contributed by atoms with Crippen molar-refractivity contribution in [3.63, 3.8) is 0 Å². The summed E-state index contributed by atoms with van der Waals surface area (Å²) in [7, 11) is 0. The van der Waals surface area contributed by atoms with Gasteiger partial charge in [-0.05, 0) is 17.2 Å². The van der Waals surface area contributed by atoms with Crippen LogP contribution in [0.5, 0.6) is 0 Å². The van der Waals surface area contributed by atoms with Gasteiger partial charge in [-0.25, -0.2) is 15.0 Å². The number of fused-ring (bicyclic) bond motifs is 4. The maximum absolute atomic E-state index is 4.65. The van der Waals surface area contributed by atoms with Crippen LogP contribution in [-0.2, 0) is 6.42 Å². The molecule has 0 spiro atoms. The fourth-order valence-electron chi connectivity index (χ4n) is 2.42. The quantitative estimate of drug-likeness (QED) is 0.683. The lowest BCUT2D eigenvalue weighted by atomic mass is 9.99. The molecule has 0 fully saturated rings. The van der Waals surface area contributed by atoms with Crippen LogP contribution in [0.1, 0.15) is 16.7 Å². The third-order valence-electron chi connectivity index (χ3n) is 3.21. The van der Waals surface area contributed by atoms with Gasteiger partial charge in [-0.3, -0.25) is 0 Å². The maximum atomic E-state index is 4.65. The number of aromatic nitrogens is 2. The Balaban J connectivity index is 1.97. The lowest BCUT2D eigenvalue weighted by Crippen LogP contribution is -2.09. The molecule has 3 nitrogen and oxygen atoms in total. The van der Waals surface area contributed by atoms with E-state index in [1.165, 1.54) is 16.7 Å². The van der Waals surface area contributed by atoms with E-state index in [-0.39, 0.29) is 0 Å². The molecule has 1 aromatic heterocycles. The van der Waals surface area contributed by atoms with Crippen molar-refractivity contribution in [2.24, 2.45) is 4.99 Å². The van der Waals surface area contributed by atoms with Crippen molar-refractivity contribution in [1.82, 2.24) is 9.97 Å². The van der Waals surface area contributed by atoms with Crippen molar-refractivity contribution in [3.05, 3.63) is 59.1 Å². The van der Waals surface area contributed by atoms with Crippen LogP contribution in [-0.4, -0.2) is 15.7 Å². The molecule has 4 rings (SSSR count). The molecule has 1 aromatic carbocycles. The highest BCUT2D eigenvalue weighted by Gasteiger charge is 2.25. The Morgan fingerprint density at radius 1 is 1.12 bits per heavy atom. The Morgan fingerprint density at radius 2 is 2.06 bits per heavy atom. The van der Waals surface area contributed by atoms with E-state index in [1.807, 2.05) is 12.3 Å². The second-order valence-corrected chi connectivity index (χ2v) is 4.27. The molecule has 1 aliphatic carbocycles. The van der Waals surface area contributed by atoms with E-state index in [9.17, 15) is 0 Å². The highest BCUT2D eigenvalue weighted by atomic mass is 15.0. The van der Waals surface area contributed by atoms with Gasteiger partial charge < -0.3 is 0 Å². The predicted octanol–water partition coefficient (Wildman–Crippen LogP) is 2.55. The van der Waals surface area contributed by atoms with Gasteiger partial charge in [0.2, 0.25) is 0 Å². The molecule has 0 N–H and O–H groups in total. The summed E-state index contributed by atoms with van der Waals surface area (Å²) in [4.78, 5) is 12.9. The predicted molar refractivity (Wildman–Crippen MR) is 66.4 cm³/mol. The van der Waals surface area contributed by atoms with Crippen molar-refractivity contribution >= 4 is 17.6 Å². The monoisotopic (exact) mass is 219 g/mol. The Morgan fingerprint density at radius 3 is 3.06 bits per heavy atom. The van der Waals surface area contributed by atoms with Crippen molar-refractivity contribution in [2.45, 2.75) is 6.42 Å². The first-order valence-corrected chi connectivity index (χ1v) is 5.60. The fourth-order valence-corrected chi connectivity index (χ4v) is 2.42. The van der Waals surface area contributed by atoms with Gasteiger partial charge in [-0.1, -0.05) is 24.3 Å². The second kappa shape index (κ2) is 3.10. The van der Waals surface area contributed by atoms with Crippen LogP contribution >= 0.6 is 0 Å². The number of rotatable bonds is 0. The van der Waals surface area contributed by atoms with Crippen LogP contribution in [0.25, 0.3) is 6.08 Å². The van der Waals surface area contributed by atoms with Crippen molar-refractivity contribution < 1.29 is 0 Å². The largest absolute Gasteiger partial charge is 0.244 e. The molecule has 2 aromatic rings. The van der Waals surface area contributed by atoms with Crippen LogP contribution in [0, 0.1) is 0 Å². The third kappa shape index (κ3) is 1.19. The molecule has 2 aliphatic rings. The maximum Gasteiger partial charge on any atom is 0.159 e. The number of aliphatic imine (C=N–C) groups is 1. The Kier molecular flexibility index (Phi) is 1.61. The summed E-state index contributed by atoms with van der Waals surface area (Å²) in [5.74, 6) is 0.809. The number of allylic oxidation sites excluding steroid dienone is 1. The van der Waals surface area contributed by atoms with Crippen molar-refractivity contribution in [1.29, 1.82) is 0 Å². The molecule has 0 atom stereocenters. The molecule has 1 aliphatic heterocycles. The lowest BCUT2D eigenvalue weighted by Gasteiger charge is -2.13. The van der Waals surface area contributed by atoms with E-state index in [0.717, 1.165) is 23.5 Å². The molecule has 0 saturated heterocycles. The van der Waals surface area contributed by atoms with E-state index < -0.39 is 0 Å². The number of hydrogen-bond donors (Lipinski definition) is 0. The van der Waals surface area contributed by atoms with Crippen molar-refractivity contribution in [2.75, 3.05) is 0 Å². The van der Waals surface area contributed by atoms with Gasteiger partial charge in [0.15, 0.2) is 5.82 Å². The minimum atomic E-state index is 0.809. The first-order valence-electron chi connectivity index (χ1n) is 5.60. The van der Waals surface area contributed by atoms with Crippen LogP contribution in [0.2, 0.25) is 0 Å². The number of benzene rings is 1. The van der Waals surface area contributed by atoms with E-state index in [0.29, 0.717) is 0 Å². The second-order valence-electron chi connectivity index (χ2n) is 4.27. The van der Waals surface area contributed by atoms with Gasteiger partial charge in [-0.15, -0.1) is 0 Å². The summed E-state index contributed by atoms with van der Waals surface area (Å²) in [5.41, 5.74) is 5.92. The molecule has 3 heteroatoms. The molecular weight excluding hydrogens is 210 g/mol. The summed E-state index contributed by atoms with van der Waals surface area (Å²) in [6.07, 6.45) is 6.50. The van der Waals surface area contributed by atoms with Gasteiger partial charge in [0.1, 0.15) is 6.33 Å². The Bertz CT molecular complexity index is 683. The zero-order valence-electron chi connectivity index (χ0n) is 9.09. The van der Waals surface area contributed by atoms with Gasteiger partial charge in [0, 0.05) is 23.7 Å². The van der Waals surface area contributed by atoms with Crippen LogP contribution < -0.4 is 0 Å². The minimum Gasteiger partial charge on any atom is -0.244 e. The summed E-state index contributed by atoms with van der Waals surface area (Å²) in [6, 6.07) is 8.34. The van der Waals surface area contributed by atoms with Gasteiger partial charge in [0.05, 0.1) is 5.71 Å². The smallest absolute Gasteiger partial charge is 0.159 e. The molecule has 17 heavy (non-hydrogen) atoms. The van der Waals surface area contributed by atoms with Gasteiger partial charge in [0.25, 0.3) is 0 Å². The molecule has 0 radical (unpaired) electrons. The Labute approximate surface area is 98.6 Å². The van der Waals surface area contributed by atoms with Crippen molar-refractivity contribution in [3.8, 4) is 0 Å². The molecule has 0 amide bonds. The van der Waals surface area contributed by atoms with E-state index in [4.69, 9.17) is 0 Å². The molecule has 0 saturated carbocycles. The zero-order chi connectivity index (χ0) is 11.2. The van der Waals surface area contributed by atoms with E-state index >= 15 is 0 Å². The normalized spacial score (nSPS) is 15.5. The SMILES string of the molecule is C1=C2Cc3cncnc3N=C2c2ccccc21. The first-order chi connectivity index (χ1) is 8.42. The third-order valence-corrected chi connectivity index (χ3v) is 3.21. The molecular formula is C14H9N3. The average molecular weight is 219 g/mol. The van der Waals surface area contributed by atoms with Crippen LogP contribution in [0.15, 0.2) is 47.4 Å². The topological polar surface area (TPSA) is 38.1 Å². The summed E-state index contributed by atoms with van der Waals surface area (Å²) in [6.45, 7) is 0. The zero-order valence-corrected chi connectivity index (χ0v) is 9.09.